The topological polar surface area (TPSA) is 77.3 Å². The van der Waals surface area contributed by atoms with E-state index in [-0.39, 0.29) is 12.4 Å². The first-order valence-corrected chi connectivity index (χ1v) is 7.12. The summed E-state index contributed by atoms with van der Waals surface area (Å²) in [5, 5.41) is 0.982. The van der Waals surface area contributed by atoms with Gasteiger partial charge in [-0.1, -0.05) is 0 Å². The Bertz CT molecular complexity index is 630. The van der Waals surface area contributed by atoms with E-state index in [0.29, 0.717) is 13.0 Å². The van der Waals surface area contributed by atoms with Crippen LogP contribution in [0, 0.1) is 0 Å². The van der Waals surface area contributed by atoms with Crippen LogP contribution in [0.1, 0.15) is 12.5 Å². The summed E-state index contributed by atoms with van der Waals surface area (Å²) in [6.07, 6.45) is 0.395. The summed E-state index contributed by atoms with van der Waals surface area (Å²) in [5.74, 6) is 0.367. The van der Waals surface area contributed by atoms with Gasteiger partial charge in [0.05, 0.1) is 18.3 Å². The highest BCUT2D eigenvalue weighted by molar-refractivity contribution is 9.10. The standard InChI is InChI=1S/C14H17BrN2O3.ClH/c1-3-20-14(18)11(16)7-10-9-6-8(19-2)4-5-12(9)17-13(10)15;/h4-6,11,17H,3,7,16H2,1-2H3;1H. The van der Waals surface area contributed by atoms with Crippen molar-refractivity contribution in [2.75, 3.05) is 13.7 Å². The molecule has 0 saturated heterocycles. The zero-order valence-electron chi connectivity index (χ0n) is 11.8. The van der Waals surface area contributed by atoms with Gasteiger partial charge in [-0.05, 0) is 46.6 Å². The van der Waals surface area contributed by atoms with Crippen LogP contribution < -0.4 is 10.5 Å². The number of benzene rings is 1. The van der Waals surface area contributed by atoms with Crippen LogP contribution in [-0.4, -0.2) is 30.7 Å². The number of H-pyrrole nitrogens is 1. The zero-order valence-corrected chi connectivity index (χ0v) is 14.2. The summed E-state index contributed by atoms with van der Waals surface area (Å²) in [6, 6.07) is 5.04. The van der Waals surface area contributed by atoms with Crippen LogP contribution in [0.5, 0.6) is 5.75 Å². The maximum Gasteiger partial charge on any atom is 0.323 e. The van der Waals surface area contributed by atoms with Gasteiger partial charge in [0.15, 0.2) is 0 Å². The molecular weight excluding hydrogens is 360 g/mol. The quantitative estimate of drug-likeness (QED) is 0.786. The molecule has 1 atom stereocenters. The highest BCUT2D eigenvalue weighted by Gasteiger charge is 2.19. The summed E-state index contributed by atoms with van der Waals surface area (Å²) in [4.78, 5) is 14.9. The van der Waals surface area contributed by atoms with E-state index < -0.39 is 12.0 Å². The van der Waals surface area contributed by atoms with Crippen LogP contribution >= 0.6 is 28.3 Å². The average Bonchev–Trinajstić information content (AvgIpc) is 2.74. The van der Waals surface area contributed by atoms with Crippen molar-refractivity contribution in [1.29, 1.82) is 0 Å². The monoisotopic (exact) mass is 376 g/mol. The van der Waals surface area contributed by atoms with Crippen molar-refractivity contribution in [3.8, 4) is 5.75 Å². The lowest BCUT2D eigenvalue weighted by Crippen LogP contribution is -2.34. The molecule has 5 nitrogen and oxygen atoms in total. The van der Waals surface area contributed by atoms with Crippen molar-refractivity contribution in [1.82, 2.24) is 4.98 Å². The Labute approximate surface area is 137 Å². The average molecular weight is 378 g/mol. The van der Waals surface area contributed by atoms with Crippen LogP contribution in [0.25, 0.3) is 10.9 Å². The number of hydrogen-bond acceptors (Lipinski definition) is 4. The molecule has 21 heavy (non-hydrogen) atoms. The van der Waals surface area contributed by atoms with Gasteiger partial charge in [0.25, 0.3) is 0 Å². The molecule has 1 aromatic heterocycles. The molecule has 116 valence electrons. The summed E-state index contributed by atoms with van der Waals surface area (Å²) < 4.78 is 11.0. The van der Waals surface area contributed by atoms with Crippen molar-refractivity contribution >= 4 is 45.2 Å². The Balaban J connectivity index is 0.00000220. The predicted molar refractivity (Wildman–Crippen MR) is 88.1 cm³/mol. The zero-order chi connectivity index (χ0) is 14.7. The minimum atomic E-state index is -0.684. The van der Waals surface area contributed by atoms with Crippen LogP contribution in [0.2, 0.25) is 0 Å². The summed E-state index contributed by atoms with van der Waals surface area (Å²) in [5.41, 5.74) is 7.79. The Morgan fingerprint density at radius 2 is 2.19 bits per heavy atom. The molecule has 2 aromatic rings. The first kappa shape index (κ1) is 17.8. The lowest BCUT2D eigenvalue weighted by molar-refractivity contribution is -0.144. The molecule has 1 unspecified atom stereocenters. The minimum absolute atomic E-state index is 0. The molecule has 0 radical (unpaired) electrons. The van der Waals surface area contributed by atoms with Gasteiger partial charge in [0, 0.05) is 17.3 Å². The molecule has 0 spiro atoms. The number of nitrogens with one attached hydrogen (secondary N) is 1. The van der Waals surface area contributed by atoms with Crippen molar-refractivity contribution in [3.63, 3.8) is 0 Å². The molecule has 3 N–H and O–H groups in total. The lowest BCUT2D eigenvalue weighted by atomic mass is 10.1. The molecule has 2 rings (SSSR count). The van der Waals surface area contributed by atoms with Gasteiger partial charge in [-0.15, -0.1) is 12.4 Å². The number of nitrogens with two attached hydrogens (primary N) is 1. The van der Waals surface area contributed by atoms with Gasteiger partial charge in [0.2, 0.25) is 0 Å². The second-order valence-electron chi connectivity index (χ2n) is 4.39. The van der Waals surface area contributed by atoms with E-state index in [1.165, 1.54) is 0 Å². The molecule has 0 bridgehead atoms. The Morgan fingerprint density at radius 3 is 2.81 bits per heavy atom. The van der Waals surface area contributed by atoms with Gasteiger partial charge < -0.3 is 20.2 Å². The molecule has 1 aromatic carbocycles. The summed E-state index contributed by atoms with van der Waals surface area (Å²) >= 11 is 3.47. The van der Waals surface area contributed by atoms with Crippen molar-refractivity contribution < 1.29 is 14.3 Å². The van der Waals surface area contributed by atoms with Crippen molar-refractivity contribution in [2.24, 2.45) is 5.73 Å². The van der Waals surface area contributed by atoms with Crippen LogP contribution in [0.15, 0.2) is 22.8 Å². The van der Waals surface area contributed by atoms with Gasteiger partial charge >= 0.3 is 5.97 Å². The largest absolute Gasteiger partial charge is 0.497 e. The number of aromatic amines is 1. The van der Waals surface area contributed by atoms with Crippen LogP contribution in [-0.2, 0) is 16.0 Å². The third-order valence-corrected chi connectivity index (χ3v) is 3.75. The Morgan fingerprint density at radius 1 is 1.48 bits per heavy atom. The van der Waals surface area contributed by atoms with Gasteiger partial charge in [0.1, 0.15) is 11.8 Å². The van der Waals surface area contributed by atoms with Gasteiger partial charge in [-0.2, -0.15) is 0 Å². The number of ether oxygens (including phenoxy) is 2. The molecule has 0 amide bonds. The van der Waals surface area contributed by atoms with Crippen molar-refractivity contribution in [3.05, 3.63) is 28.4 Å². The van der Waals surface area contributed by atoms with Gasteiger partial charge in [-0.3, -0.25) is 4.79 Å². The molecule has 0 aliphatic carbocycles. The first-order valence-electron chi connectivity index (χ1n) is 6.33. The highest BCUT2D eigenvalue weighted by Crippen LogP contribution is 2.30. The van der Waals surface area contributed by atoms with Crippen LogP contribution in [0.4, 0.5) is 0 Å². The van der Waals surface area contributed by atoms with Crippen LogP contribution in [0.3, 0.4) is 0 Å². The highest BCUT2D eigenvalue weighted by atomic mass is 79.9. The SMILES string of the molecule is CCOC(=O)C(N)Cc1c(Br)[nH]c2ccc(OC)cc12.Cl. The number of hydrogen-bond donors (Lipinski definition) is 2. The van der Waals surface area contributed by atoms with E-state index in [4.69, 9.17) is 15.2 Å². The smallest absolute Gasteiger partial charge is 0.323 e. The van der Waals surface area contributed by atoms with E-state index in [1.54, 1.807) is 14.0 Å². The first-order chi connectivity index (χ1) is 9.56. The molecule has 7 heteroatoms. The molecule has 1 heterocycles. The third kappa shape index (κ3) is 3.90. The number of carbonyl (C=O) groups is 1. The number of rotatable bonds is 5. The number of halogens is 2. The molecular formula is C14H18BrClN2O3. The van der Waals surface area contributed by atoms with E-state index in [2.05, 4.69) is 20.9 Å². The minimum Gasteiger partial charge on any atom is -0.497 e. The number of carbonyl (C=O) groups excluding carboxylic acids is 1. The summed E-state index contributed by atoms with van der Waals surface area (Å²) in [6.45, 7) is 2.09. The predicted octanol–water partition coefficient (Wildman–Crippen LogP) is 2.79. The Hall–Kier alpha value is -1.24. The second-order valence-corrected chi connectivity index (χ2v) is 5.18. The number of aromatic nitrogens is 1. The maximum atomic E-state index is 11.6. The van der Waals surface area contributed by atoms with Crippen molar-refractivity contribution in [2.45, 2.75) is 19.4 Å². The molecule has 0 saturated carbocycles. The third-order valence-electron chi connectivity index (χ3n) is 3.07. The number of fused-ring (bicyclic) bond motifs is 1. The van der Waals surface area contributed by atoms with E-state index in [9.17, 15) is 4.79 Å². The second kappa shape index (κ2) is 7.68. The number of methoxy groups -OCH3 is 1. The fourth-order valence-electron chi connectivity index (χ4n) is 2.07. The number of esters is 1. The molecule has 0 aliphatic rings. The van der Waals surface area contributed by atoms with E-state index >= 15 is 0 Å². The molecule has 0 aliphatic heterocycles. The lowest BCUT2D eigenvalue weighted by Gasteiger charge is -2.10. The van der Waals surface area contributed by atoms with E-state index in [1.807, 2.05) is 18.2 Å². The fraction of sp³-hybridized carbons (Fsp3) is 0.357. The Kier molecular flexibility index (Phi) is 6.51. The fourth-order valence-corrected chi connectivity index (χ4v) is 2.66. The maximum absolute atomic E-state index is 11.6. The molecule has 0 fully saturated rings. The summed E-state index contributed by atoms with van der Waals surface area (Å²) in [7, 11) is 1.62. The normalized spacial score (nSPS) is 11.8. The van der Waals surface area contributed by atoms with Gasteiger partial charge in [-0.25, -0.2) is 0 Å². The van der Waals surface area contributed by atoms with E-state index in [0.717, 1.165) is 26.8 Å².